The van der Waals surface area contributed by atoms with Crippen LogP contribution in [0.5, 0.6) is 0 Å². The minimum absolute atomic E-state index is 0.280. The van der Waals surface area contributed by atoms with Gasteiger partial charge < -0.3 is 10.1 Å². The standard InChI is InChI=1S/C15H30N2O/c1-4-14-6-8-17(11-13(2)10-16-14)15(3)7-5-9-18-12-15/h13-14,16H,4-12H2,1-3H3. The second-order valence-corrected chi connectivity index (χ2v) is 6.51. The molecule has 0 aromatic carbocycles. The smallest absolute Gasteiger partial charge is 0.0647 e. The highest BCUT2D eigenvalue weighted by molar-refractivity contribution is 4.91. The molecule has 3 atom stereocenters. The summed E-state index contributed by atoms with van der Waals surface area (Å²) < 4.78 is 5.74. The minimum Gasteiger partial charge on any atom is -0.380 e. The van der Waals surface area contributed by atoms with Crippen LogP contribution in [0.3, 0.4) is 0 Å². The lowest BCUT2D eigenvalue weighted by Gasteiger charge is -2.46. The van der Waals surface area contributed by atoms with Gasteiger partial charge in [0.25, 0.3) is 0 Å². The Labute approximate surface area is 112 Å². The zero-order valence-electron chi connectivity index (χ0n) is 12.4. The van der Waals surface area contributed by atoms with Crippen molar-refractivity contribution in [2.75, 3.05) is 32.8 Å². The second-order valence-electron chi connectivity index (χ2n) is 6.51. The van der Waals surface area contributed by atoms with Crippen molar-refractivity contribution in [3.05, 3.63) is 0 Å². The van der Waals surface area contributed by atoms with Gasteiger partial charge in [0.1, 0.15) is 0 Å². The van der Waals surface area contributed by atoms with E-state index in [0.29, 0.717) is 6.04 Å². The molecule has 2 rings (SSSR count). The molecule has 18 heavy (non-hydrogen) atoms. The highest BCUT2D eigenvalue weighted by Crippen LogP contribution is 2.28. The van der Waals surface area contributed by atoms with Crippen molar-refractivity contribution in [3.8, 4) is 0 Å². The average Bonchev–Trinajstić information content (AvgIpc) is 2.35. The van der Waals surface area contributed by atoms with Crippen LogP contribution in [-0.4, -0.2) is 49.3 Å². The normalized spacial score (nSPS) is 40.2. The highest BCUT2D eigenvalue weighted by Gasteiger charge is 2.35. The molecule has 0 bridgehead atoms. The van der Waals surface area contributed by atoms with Crippen molar-refractivity contribution >= 4 is 0 Å². The monoisotopic (exact) mass is 254 g/mol. The van der Waals surface area contributed by atoms with Gasteiger partial charge in [0.2, 0.25) is 0 Å². The van der Waals surface area contributed by atoms with Crippen molar-refractivity contribution in [2.24, 2.45) is 5.92 Å². The second kappa shape index (κ2) is 6.36. The number of hydrogen-bond donors (Lipinski definition) is 1. The van der Waals surface area contributed by atoms with Gasteiger partial charge >= 0.3 is 0 Å². The maximum Gasteiger partial charge on any atom is 0.0647 e. The van der Waals surface area contributed by atoms with E-state index in [1.807, 2.05) is 0 Å². The van der Waals surface area contributed by atoms with Gasteiger partial charge in [-0.25, -0.2) is 0 Å². The predicted molar refractivity (Wildman–Crippen MR) is 75.9 cm³/mol. The van der Waals surface area contributed by atoms with Crippen molar-refractivity contribution in [3.63, 3.8) is 0 Å². The SMILES string of the molecule is CCC1CCN(C2(C)CCCOC2)CC(C)CN1. The summed E-state index contributed by atoms with van der Waals surface area (Å²) in [5, 5.41) is 3.70. The van der Waals surface area contributed by atoms with Crippen molar-refractivity contribution < 1.29 is 4.74 Å². The molecular weight excluding hydrogens is 224 g/mol. The molecular formula is C15H30N2O. The molecule has 2 fully saturated rings. The van der Waals surface area contributed by atoms with Crippen molar-refractivity contribution in [1.82, 2.24) is 10.2 Å². The van der Waals surface area contributed by atoms with E-state index in [-0.39, 0.29) is 5.54 Å². The van der Waals surface area contributed by atoms with E-state index in [1.165, 1.54) is 38.8 Å². The van der Waals surface area contributed by atoms with Gasteiger partial charge in [0.05, 0.1) is 6.61 Å². The molecule has 2 heterocycles. The Morgan fingerprint density at radius 1 is 1.44 bits per heavy atom. The predicted octanol–water partition coefficient (Wildman–Crippen LogP) is 2.27. The van der Waals surface area contributed by atoms with Crippen LogP contribution in [0.4, 0.5) is 0 Å². The molecule has 3 unspecified atom stereocenters. The van der Waals surface area contributed by atoms with Gasteiger partial charge in [-0.2, -0.15) is 0 Å². The quantitative estimate of drug-likeness (QED) is 0.818. The summed E-state index contributed by atoms with van der Waals surface area (Å²) in [6.07, 6.45) is 5.04. The van der Waals surface area contributed by atoms with Gasteiger partial charge in [0, 0.05) is 31.3 Å². The summed E-state index contributed by atoms with van der Waals surface area (Å²) in [7, 11) is 0. The number of nitrogens with zero attached hydrogens (tertiary/aromatic N) is 1. The maximum absolute atomic E-state index is 5.74. The first-order valence-electron chi connectivity index (χ1n) is 7.70. The Balaban J connectivity index is 2.00. The van der Waals surface area contributed by atoms with E-state index in [4.69, 9.17) is 4.74 Å². The van der Waals surface area contributed by atoms with Crippen LogP contribution in [0.1, 0.15) is 46.5 Å². The summed E-state index contributed by atoms with van der Waals surface area (Å²) in [6, 6.07) is 0.698. The lowest BCUT2D eigenvalue weighted by Crippen LogP contribution is -2.56. The molecule has 0 aromatic rings. The first-order valence-corrected chi connectivity index (χ1v) is 7.70. The molecule has 0 saturated carbocycles. The molecule has 0 amide bonds. The summed E-state index contributed by atoms with van der Waals surface area (Å²) >= 11 is 0. The van der Waals surface area contributed by atoms with Crippen molar-refractivity contribution in [2.45, 2.75) is 58.0 Å². The van der Waals surface area contributed by atoms with Crippen LogP contribution >= 0.6 is 0 Å². The fourth-order valence-electron chi connectivity index (χ4n) is 3.32. The van der Waals surface area contributed by atoms with Crippen LogP contribution in [-0.2, 0) is 4.74 Å². The van der Waals surface area contributed by atoms with E-state index in [0.717, 1.165) is 25.7 Å². The highest BCUT2D eigenvalue weighted by atomic mass is 16.5. The molecule has 0 spiro atoms. The molecule has 0 aliphatic carbocycles. The molecule has 3 heteroatoms. The first kappa shape index (κ1) is 14.3. The molecule has 0 aromatic heterocycles. The fraction of sp³-hybridized carbons (Fsp3) is 1.00. The van der Waals surface area contributed by atoms with Gasteiger partial charge in [0.15, 0.2) is 0 Å². The molecule has 3 nitrogen and oxygen atoms in total. The zero-order chi connectivity index (χ0) is 13.0. The molecule has 1 N–H and O–H groups in total. The number of hydrogen-bond acceptors (Lipinski definition) is 3. The Bertz CT molecular complexity index is 251. The fourth-order valence-corrected chi connectivity index (χ4v) is 3.32. The van der Waals surface area contributed by atoms with Crippen LogP contribution < -0.4 is 5.32 Å². The van der Waals surface area contributed by atoms with E-state index >= 15 is 0 Å². The largest absolute Gasteiger partial charge is 0.380 e. The van der Waals surface area contributed by atoms with Gasteiger partial charge in [-0.05, 0) is 45.1 Å². The summed E-state index contributed by atoms with van der Waals surface area (Å²) in [6.45, 7) is 12.5. The third-order valence-electron chi connectivity index (χ3n) is 4.71. The van der Waals surface area contributed by atoms with Crippen LogP contribution in [0.2, 0.25) is 0 Å². The Morgan fingerprint density at radius 2 is 2.28 bits per heavy atom. The number of nitrogens with one attached hydrogen (secondary N) is 1. The summed E-state index contributed by atoms with van der Waals surface area (Å²) in [5.74, 6) is 0.734. The van der Waals surface area contributed by atoms with Gasteiger partial charge in [-0.1, -0.05) is 13.8 Å². The van der Waals surface area contributed by atoms with Crippen LogP contribution in [0.25, 0.3) is 0 Å². The zero-order valence-corrected chi connectivity index (χ0v) is 12.4. The van der Waals surface area contributed by atoms with E-state index in [9.17, 15) is 0 Å². The topological polar surface area (TPSA) is 24.5 Å². The number of ether oxygens (including phenoxy) is 1. The van der Waals surface area contributed by atoms with E-state index < -0.39 is 0 Å². The van der Waals surface area contributed by atoms with Crippen LogP contribution in [0.15, 0.2) is 0 Å². The first-order chi connectivity index (χ1) is 8.64. The minimum atomic E-state index is 0.280. The third kappa shape index (κ3) is 3.46. The molecule has 2 aliphatic rings. The molecule has 106 valence electrons. The lowest BCUT2D eigenvalue weighted by molar-refractivity contribution is -0.0483. The lowest BCUT2D eigenvalue weighted by atomic mass is 9.90. The maximum atomic E-state index is 5.74. The van der Waals surface area contributed by atoms with Gasteiger partial charge in [-0.15, -0.1) is 0 Å². The van der Waals surface area contributed by atoms with E-state index in [2.05, 4.69) is 31.0 Å². The number of rotatable bonds is 2. The van der Waals surface area contributed by atoms with Gasteiger partial charge in [-0.3, -0.25) is 4.90 Å². The molecule has 0 radical (unpaired) electrons. The van der Waals surface area contributed by atoms with Crippen LogP contribution in [0, 0.1) is 5.92 Å². The average molecular weight is 254 g/mol. The van der Waals surface area contributed by atoms with Crippen molar-refractivity contribution in [1.29, 1.82) is 0 Å². The summed E-state index contributed by atoms with van der Waals surface area (Å²) in [5.41, 5.74) is 0.280. The Hall–Kier alpha value is -0.120. The van der Waals surface area contributed by atoms with E-state index in [1.54, 1.807) is 0 Å². The Morgan fingerprint density at radius 3 is 2.94 bits per heavy atom. The third-order valence-corrected chi connectivity index (χ3v) is 4.71. The summed E-state index contributed by atoms with van der Waals surface area (Å²) in [4.78, 5) is 2.71. The Kier molecular flexibility index (Phi) is 5.05. The molecule has 2 aliphatic heterocycles. The molecule has 2 saturated heterocycles.